The van der Waals surface area contributed by atoms with E-state index in [0.29, 0.717) is 19.0 Å². The molecule has 0 aromatic heterocycles. The summed E-state index contributed by atoms with van der Waals surface area (Å²) in [5, 5.41) is 2.86. The Labute approximate surface area is 92.2 Å². The van der Waals surface area contributed by atoms with Crippen LogP contribution in [0, 0.1) is 0 Å². The molecule has 1 aliphatic rings. The Hall–Kier alpha value is -0.610. The number of likely N-dealkylation sites (tertiary alicyclic amines) is 1. The summed E-state index contributed by atoms with van der Waals surface area (Å²) < 4.78 is 0. The van der Waals surface area contributed by atoms with Gasteiger partial charge in [0.15, 0.2) is 0 Å². The van der Waals surface area contributed by atoms with Gasteiger partial charge in [-0.3, -0.25) is 4.79 Å². The molecule has 3 N–H and O–H groups in total. The lowest BCUT2D eigenvalue weighted by atomic mass is 10.00. The smallest absolute Gasteiger partial charge is 0.221 e. The van der Waals surface area contributed by atoms with Gasteiger partial charge in [-0.2, -0.15) is 0 Å². The third-order valence-electron chi connectivity index (χ3n) is 2.96. The van der Waals surface area contributed by atoms with Gasteiger partial charge in [-0.05, 0) is 33.4 Å². The normalized spacial score (nSPS) is 24.9. The van der Waals surface area contributed by atoms with E-state index in [4.69, 9.17) is 5.73 Å². The fourth-order valence-corrected chi connectivity index (χ4v) is 1.96. The number of piperidine rings is 1. The fourth-order valence-electron chi connectivity index (χ4n) is 1.96. The van der Waals surface area contributed by atoms with Crippen LogP contribution in [-0.4, -0.2) is 43.0 Å². The Morgan fingerprint density at radius 2 is 2.33 bits per heavy atom. The molecule has 0 aromatic carbocycles. The molecular weight excluding hydrogens is 190 g/mol. The van der Waals surface area contributed by atoms with E-state index in [9.17, 15) is 4.79 Å². The number of carbonyl (C=O) groups excluding carboxylic acids is 1. The minimum Gasteiger partial charge on any atom is -0.355 e. The van der Waals surface area contributed by atoms with E-state index >= 15 is 0 Å². The zero-order chi connectivity index (χ0) is 11.3. The molecule has 0 radical (unpaired) electrons. The zero-order valence-corrected chi connectivity index (χ0v) is 9.83. The van der Waals surface area contributed by atoms with Crippen LogP contribution in [0.5, 0.6) is 0 Å². The van der Waals surface area contributed by atoms with Gasteiger partial charge >= 0.3 is 0 Å². The summed E-state index contributed by atoms with van der Waals surface area (Å²) in [7, 11) is 2.10. The highest BCUT2D eigenvalue weighted by molar-refractivity contribution is 5.76. The van der Waals surface area contributed by atoms with Gasteiger partial charge in [0.25, 0.3) is 0 Å². The maximum absolute atomic E-state index is 11.6. The molecule has 1 heterocycles. The lowest BCUT2D eigenvalue weighted by molar-refractivity contribution is -0.122. The highest BCUT2D eigenvalue weighted by Gasteiger charge is 2.21. The van der Waals surface area contributed by atoms with E-state index in [-0.39, 0.29) is 11.9 Å². The van der Waals surface area contributed by atoms with Crippen molar-refractivity contribution in [2.45, 2.75) is 44.7 Å². The molecule has 1 aliphatic heterocycles. The summed E-state index contributed by atoms with van der Waals surface area (Å²) in [5.74, 6) is 0.131. The van der Waals surface area contributed by atoms with E-state index in [1.165, 1.54) is 12.8 Å². The average molecular weight is 213 g/mol. The van der Waals surface area contributed by atoms with E-state index in [1.807, 2.05) is 6.92 Å². The second kappa shape index (κ2) is 6.08. The van der Waals surface area contributed by atoms with Gasteiger partial charge in [0.05, 0.1) is 0 Å². The first-order chi connectivity index (χ1) is 7.09. The molecule has 88 valence electrons. The van der Waals surface area contributed by atoms with Crippen molar-refractivity contribution in [2.24, 2.45) is 5.73 Å². The molecular formula is C11H23N3O. The quantitative estimate of drug-likeness (QED) is 0.707. The largest absolute Gasteiger partial charge is 0.355 e. The molecule has 1 amide bonds. The molecule has 1 fully saturated rings. The van der Waals surface area contributed by atoms with Crippen LogP contribution in [0.3, 0.4) is 0 Å². The van der Waals surface area contributed by atoms with E-state index in [1.54, 1.807) is 0 Å². The molecule has 15 heavy (non-hydrogen) atoms. The SMILES string of the molecule is CC(N)CNC(=O)CC1CCCCN1C. The molecule has 1 rings (SSSR count). The Balaban J connectivity index is 2.24. The van der Waals surface area contributed by atoms with Crippen LogP contribution < -0.4 is 11.1 Å². The lowest BCUT2D eigenvalue weighted by Gasteiger charge is -2.32. The zero-order valence-electron chi connectivity index (χ0n) is 9.83. The second-order valence-corrected chi connectivity index (χ2v) is 4.62. The van der Waals surface area contributed by atoms with Crippen molar-refractivity contribution >= 4 is 5.91 Å². The van der Waals surface area contributed by atoms with Crippen LogP contribution in [0.1, 0.15) is 32.6 Å². The van der Waals surface area contributed by atoms with Crippen molar-refractivity contribution < 1.29 is 4.79 Å². The molecule has 4 nitrogen and oxygen atoms in total. The highest BCUT2D eigenvalue weighted by atomic mass is 16.1. The number of nitrogens with two attached hydrogens (primary N) is 1. The average Bonchev–Trinajstić information content (AvgIpc) is 2.18. The van der Waals surface area contributed by atoms with Gasteiger partial charge in [0.1, 0.15) is 0 Å². The molecule has 0 saturated carbocycles. The fraction of sp³-hybridized carbons (Fsp3) is 0.909. The molecule has 0 bridgehead atoms. The Morgan fingerprint density at radius 1 is 1.60 bits per heavy atom. The van der Waals surface area contributed by atoms with Crippen molar-refractivity contribution in [3.05, 3.63) is 0 Å². The van der Waals surface area contributed by atoms with Gasteiger partial charge in [0, 0.05) is 25.0 Å². The van der Waals surface area contributed by atoms with Crippen molar-refractivity contribution in [3.63, 3.8) is 0 Å². The van der Waals surface area contributed by atoms with E-state index < -0.39 is 0 Å². The Bertz CT molecular complexity index is 206. The maximum Gasteiger partial charge on any atom is 0.221 e. The summed E-state index contributed by atoms with van der Waals surface area (Å²) >= 11 is 0. The third kappa shape index (κ3) is 4.62. The molecule has 4 heteroatoms. The minimum atomic E-state index is 0.0398. The maximum atomic E-state index is 11.6. The number of hydrogen-bond donors (Lipinski definition) is 2. The summed E-state index contributed by atoms with van der Waals surface area (Å²) in [5.41, 5.74) is 5.58. The Morgan fingerprint density at radius 3 is 2.93 bits per heavy atom. The summed E-state index contributed by atoms with van der Waals surface area (Å²) in [6.07, 6.45) is 4.26. The second-order valence-electron chi connectivity index (χ2n) is 4.62. The first-order valence-electron chi connectivity index (χ1n) is 5.82. The first-order valence-corrected chi connectivity index (χ1v) is 5.82. The summed E-state index contributed by atoms with van der Waals surface area (Å²) in [6, 6.07) is 0.463. The number of rotatable bonds is 4. The van der Waals surface area contributed by atoms with Crippen LogP contribution in [0.15, 0.2) is 0 Å². The van der Waals surface area contributed by atoms with Crippen molar-refractivity contribution in [1.29, 1.82) is 0 Å². The number of amides is 1. The topological polar surface area (TPSA) is 58.4 Å². The van der Waals surface area contributed by atoms with Gasteiger partial charge in [-0.15, -0.1) is 0 Å². The Kier molecular flexibility index (Phi) is 5.05. The predicted octanol–water partition coefficient (Wildman–Crippen LogP) is 0.324. The number of hydrogen-bond acceptors (Lipinski definition) is 3. The third-order valence-corrected chi connectivity index (χ3v) is 2.96. The lowest BCUT2D eigenvalue weighted by Crippen LogP contribution is -2.42. The van der Waals surface area contributed by atoms with Crippen LogP contribution >= 0.6 is 0 Å². The van der Waals surface area contributed by atoms with Crippen LogP contribution in [0.2, 0.25) is 0 Å². The van der Waals surface area contributed by atoms with Gasteiger partial charge in [-0.1, -0.05) is 6.42 Å². The number of carbonyl (C=O) groups is 1. The number of nitrogens with one attached hydrogen (secondary N) is 1. The standard InChI is InChI=1S/C11H23N3O/c1-9(12)8-13-11(15)7-10-5-3-4-6-14(10)2/h9-10H,3-8,12H2,1-2H3,(H,13,15). The van der Waals surface area contributed by atoms with E-state index in [0.717, 1.165) is 13.0 Å². The summed E-state index contributed by atoms with van der Waals surface area (Å²) in [6.45, 7) is 3.59. The molecule has 2 atom stereocenters. The van der Waals surface area contributed by atoms with Gasteiger partial charge in [-0.25, -0.2) is 0 Å². The molecule has 1 saturated heterocycles. The molecule has 0 aliphatic carbocycles. The highest BCUT2D eigenvalue weighted by Crippen LogP contribution is 2.17. The molecule has 2 unspecified atom stereocenters. The van der Waals surface area contributed by atoms with Crippen LogP contribution in [0.4, 0.5) is 0 Å². The van der Waals surface area contributed by atoms with Crippen LogP contribution in [0.25, 0.3) is 0 Å². The van der Waals surface area contributed by atoms with E-state index in [2.05, 4.69) is 17.3 Å². The van der Waals surface area contributed by atoms with Crippen LogP contribution in [-0.2, 0) is 4.79 Å². The summed E-state index contributed by atoms with van der Waals surface area (Å²) in [4.78, 5) is 13.9. The van der Waals surface area contributed by atoms with Crippen molar-refractivity contribution in [2.75, 3.05) is 20.1 Å². The minimum absolute atomic E-state index is 0.0398. The predicted molar refractivity (Wildman–Crippen MR) is 61.5 cm³/mol. The molecule has 0 aromatic rings. The van der Waals surface area contributed by atoms with Gasteiger partial charge in [0.2, 0.25) is 5.91 Å². The first kappa shape index (κ1) is 12.5. The van der Waals surface area contributed by atoms with Crippen molar-refractivity contribution in [1.82, 2.24) is 10.2 Å². The monoisotopic (exact) mass is 213 g/mol. The van der Waals surface area contributed by atoms with Crippen molar-refractivity contribution in [3.8, 4) is 0 Å². The number of nitrogens with zero attached hydrogens (tertiary/aromatic N) is 1. The van der Waals surface area contributed by atoms with Gasteiger partial charge < -0.3 is 16.0 Å². The molecule has 0 spiro atoms.